The molecular weight excluding hydrogens is 372 g/mol. The Kier molecular flexibility index (Phi) is 7.37. The van der Waals surface area contributed by atoms with Gasteiger partial charge in [0.25, 0.3) is 17.7 Å². The summed E-state index contributed by atoms with van der Waals surface area (Å²) in [5, 5.41) is 2.57. The van der Waals surface area contributed by atoms with Crippen molar-refractivity contribution in [3.8, 4) is 0 Å². The van der Waals surface area contributed by atoms with E-state index in [1.54, 1.807) is 30.5 Å². The predicted molar refractivity (Wildman–Crippen MR) is 99.6 cm³/mol. The van der Waals surface area contributed by atoms with Gasteiger partial charge >= 0.3 is 5.97 Å². The highest BCUT2D eigenvalue weighted by Crippen LogP contribution is 2.26. The summed E-state index contributed by atoms with van der Waals surface area (Å²) < 4.78 is 10.1. The van der Waals surface area contributed by atoms with Crippen LogP contribution in [0.1, 0.15) is 27.6 Å². The Morgan fingerprint density at radius 3 is 2.30 bits per heavy atom. The Morgan fingerprint density at radius 1 is 1.19 bits per heavy atom. The second-order valence-electron chi connectivity index (χ2n) is 5.86. The number of esters is 1. The molecule has 0 aromatic heterocycles. The van der Waals surface area contributed by atoms with Crippen LogP contribution in [0.2, 0.25) is 0 Å². The largest absolute Gasteiger partial charge is 0.451 e. The predicted octanol–water partition coefficient (Wildman–Crippen LogP) is 0.709. The van der Waals surface area contributed by atoms with Crippen LogP contribution in [-0.4, -0.2) is 73.0 Å². The second-order valence-corrected chi connectivity index (χ2v) is 6.77. The standard InChI is InChI=1S/C18H22N2O6S/c1-11(15(21)19-8-9-25-2)26-18(24)14(10-27-3)20-16(22)12-6-4-5-7-13(12)17(20)23/h4-7,11,14H,8-10H2,1-3H3,(H,19,21)/t11-,14+/m1/s1. The number of carbonyl (C=O) groups excluding carboxylic acids is 4. The molecule has 0 fully saturated rings. The number of imide groups is 1. The van der Waals surface area contributed by atoms with Crippen molar-refractivity contribution in [1.82, 2.24) is 10.2 Å². The SMILES string of the molecule is COCCNC(=O)[C@@H](C)OC(=O)[C@H](CSC)N1C(=O)c2ccccc2C1=O. The molecule has 0 aliphatic carbocycles. The van der Waals surface area contributed by atoms with Crippen molar-refractivity contribution < 1.29 is 28.7 Å². The molecule has 27 heavy (non-hydrogen) atoms. The van der Waals surface area contributed by atoms with E-state index in [4.69, 9.17) is 9.47 Å². The van der Waals surface area contributed by atoms with Crippen LogP contribution in [0.15, 0.2) is 24.3 Å². The molecule has 0 radical (unpaired) electrons. The number of amides is 3. The number of hydrogen-bond donors (Lipinski definition) is 1. The lowest BCUT2D eigenvalue weighted by molar-refractivity contribution is -0.157. The second kappa shape index (κ2) is 9.52. The number of ether oxygens (including phenoxy) is 2. The first-order chi connectivity index (χ1) is 12.9. The lowest BCUT2D eigenvalue weighted by Gasteiger charge is -2.25. The summed E-state index contributed by atoms with van der Waals surface area (Å²) in [5.41, 5.74) is 0.513. The van der Waals surface area contributed by atoms with Crippen LogP contribution in [0, 0.1) is 0 Å². The number of carbonyl (C=O) groups is 4. The smallest absolute Gasteiger partial charge is 0.331 e. The Hall–Kier alpha value is -2.39. The topological polar surface area (TPSA) is 102 Å². The van der Waals surface area contributed by atoms with Crippen LogP contribution in [0.4, 0.5) is 0 Å². The Balaban J connectivity index is 2.11. The summed E-state index contributed by atoms with van der Waals surface area (Å²) in [6.07, 6.45) is 0.688. The van der Waals surface area contributed by atoms with E-state index in [1.165, 1.54) is 25.8 Å². The molecule has 0 bridgehead atoms. The molecule has 2 rings (SSSR count). The zero-order chi connectivity index (χ0) is 20.0. The average molecular weight is 394 g/mol. The minimum absolute atomic E-state index is 0.169. The third-order valence-corrected chi connectivity index (χ3v) is 4.65. The molecule has 1 aliphatic heterocycles. The lowest BCUT2D eigenvalue weighted by Crippen LogP contribution is -2.49. The summed E-state index contributed by atoms with van der Waals surface area (Å²) in [7, 11) is 1.50. The highest BCUT2D eigenvalue weighted by Gasteiger charge is 2.43. The molecule has 0 spiro atoms. The quantitative estimate of drug-likeness (QED) is 0.374. The third kappa shape index (κ3) is 4.67. The molecule has 0 saturated heterocycles. The molecule has 1 aromatic rings. The summed E-state index contributed by atoms with van der Waals surface area (Å²) in [6, 6.07) is 5.29. The van der Waals surface area contributed by atoms with Crippen LogP contribution in [0.3, 0.4) is 0 Å². The van der Waals surface area contributed by atoms with Gasteiger partial charge in [-0.15, -0.1) is 0 Å². The van der Waals surface area contributed by atoms with Crippen molar-refractivity contribution >= 4 is 35.5 Å². The summed E-state index contributed by atoms with van der Waals surface area (Å²) in [5.74, 6) is -2.19. The average Bonchev–Trinajstić information content (AvgIpc) is 2.91. The van der Waals surface area contributed by atoms with Crippen LogP contribution >= 0.6 is 11.8 Å². The van der Waals surface area contributed by atoms with Gasteiger partial charge in [0.1, 0.15) is 6.04 Å². The molecule has 2 atom stereocenters. The molecule has 0 saturated carbocycles. The Morgan fingerprint density at radius 2 is 1.78 bits per heavy atom. The summed E-state index contributed by atoms with van der Waals surface area (Å²) >= 11 is 1.30. The van der Waals surface area contributed by atoms with Crippen molar-refractivity contribution in [2.45, 2.75) is 19.1 Å². The molecule has 1 N–H and O–H groups in total. The molecule has 3 amide bonds. The molecule has 1 aromatic carbocycles. The third-order valence-electron chi connectivity index (χ3n) is 4.00. The van der Waals surface area contributed by atoms with Gasteiger partial charge in [0.05, 0.1) is 17.7 Å². The number of nitrogens with zero attached hydrogens (tertiary/aromatic N) is 1. The molecule has 9 heteroatoms. The molecule has 8 nitrogen and oxygen atoms in total. The fourth-order valence-corrected chi connectivity index (χ4v) is 3.22. The number of hydrogen-bond acceptors (Lipinski definition) is 7. The highest BCUT2D eigenvalue weighted by molar-refractivity contribution is 7.98. The van der Waals surface area contributed by atoms with Crippen LogP contribution in [0.25, 0.3) is 0 Å². The molecule has 146 valence electrons. The van der Waals surface area contributed by atoms with Gasteiger partial charge in [-0.1, -0.05) is 12.1 Å². The minimum Gasteiger partial charge on any atom is -0.451 e. The summed E-state index contributed by atoms with van der Waals surface area (Å²) in [4.78, 5) is 50.7. The van der Waals surface area contributed by atoms with Gasteiger partial charge in [-0.05, 0) is 25.3 Å². The van der Waals surface area contributed by atoms with Crippen LogP contribution < -0.4 is 5.32 Å². The van der Waals surface area contributed by atoms with Crippen molar-refractivity contribution in [3.63, 3.8) is 0 Å². The molecule has 0 unspecified atom stereocenters. The van der Waals surface area contributed by atoms with E-state index in [2.05, 4.69) is 5.32 Å². The van der Waals surface area contributed by atoms with Gasteiger partial charge in [0, 0.05) is 19.4 Å². The van der Waals surface area contributed by atoms with Crippen LogP contribution in [0.5, 0.6) is 0 Å². The fraction of sp³-hybridized carbons (Fsp3) is 0.444. The number of thioether (sulfide) groups is 1. The number of fused-ring (bicyclic) bond motifs is 1. The maximum atomic E-state index is 12.6. The van der Waals surface area contributed by atoms with E-state index in [-0.39, 0.29) is 23.4 Å². The van der Waals surface area contributed by atoms with Gasteiger partial charge < -0.3 is 14.8 Å². The van der Waals surface area contributed by atoms with Crippen molar-refractivity contribution in [2.75, 3.05) is 32.3 Å². The van der Waals surface area contributed by atoms with Gasteiger partial charge in [-0.2, -0.15) is 11.8 Å². The van der Waals surface area contributed by atoms with E-state index in [0.717, 1.165) is 4.90 Å². The zero-order valence-corrected chi connectivity index (χ0v) is 16.2. The lowest BCUT2D eigenvalue weighted by atomic mass is 10.1. The van der Waals surface area contributed by atoms with E-state index >= 15 is 0 Å². The maximum absolute atomic E-state index is 12.6. The first-order valence-electron chi connectivity index (χ1n) is 8.35. The van der Waals surface area contributed by atoms with Gasteiger partial charge in [0.2, 0.25) is 0 Å². The highest BCUT2D eigenvalue weighted by atomic mass is 32.2. The molecular formula is C18H22N2O6S. The van der Waals surface area contributed by atoms with E-state index in [9.17, 15) is 19.2 Å². The van der Waals surface area contributed by atoms with Crippen molar-refractivity contribution in [2.24, 2.45) is 0 Å². The molecule has 1 aliphatic rings. The zero-order valence-electron chi connectivity index (χ0n) is 15.4. The first-order valence-corrected chi connectivity index (χ1v) is 9.74. The van der Waals surface area contributed by atoms with Crippen molar-refractivity contribution in [3.05, 3.63) is 35.4 Å². The monoisotopic (exact) mass is 394 g/mol. The number of methoxy groups -OCH3 is 1. The van der Waals surface area contributed by atoms with Gasteiger partial charge in [0.15, 0.2) is 6.10 Å². The molecule has 1 heterocycles. The van der Waals surface area contributed by atoms with Gasteiger partial charge in [-0.25, -0.2) is 4.79 Å². The van der Waals surface area contributed by atoms with E-state index in [0.29, 0.717) is 6.61 Å². The maximum Gasteiger partial charge on any atom is 0.331 e. The number of nitrogens with one attached hydrogen (secondary N) is 1. The minimum atomic E-state index is -1.11. The number of benzene rings is 1. The van der Waals surface area contributed by atoms with E-state index in [1.807, 2.05) is 0 Å². The Bertz CT molecular complexity index is 703. The van der Waals surface area contributed by atoms with E-state index < -0.39 is 35.8 Å². The Labute approximate surface area is 161 Å². The first kappa shape index (κ1) is 20.9. The number of rotatable bonds is 9. The summed E-state index contributed by atoms with van der Waals surface area (Å²) in [6.45, 7) is 2.04. The van der Waals surface area contributed by atoms with Crippen molar-refractivity contribution in [1.29, 1.82) is 0 Å². The van der Waals surface area contributed by atoms with Gasteiger partial charge in [-0.3, -0.25) is 19.3 Å². The normalized spacial score (nSPS) is 15.3. The fourth-order valence-electron chi connectivity index (χ4n) is 2.62. The van der Waals surface area contributed by atoms with Crippen LogP contribution in [-0.2, 0) is 19.1 Å².